The minimum Gasteiger partial charge on any atom is -0.336 e. The molecule has 0 aliphatic carbocycles. The molecule has 0 unspecified atom stereocenters. The van der Waals surface area contributed by atoms with Gasteiger partial charge in [0.25, 0.3) is 5.91 Å². The van der Waals surface area contributed by atoms with Crippen LogP contribution in [0.15, 0.2) is 84.4 Å². The van der Waals surface area contributed by atoms with E-state index in [4.69, 9.17) is 11.6 Å². The van der Waals surface area contributed by atoms with Gasteiger partial charge in [-0.05, 0) is 42.0 Å². The summed E-state index contributed by atoms with van der Waals surface area (Å²) in [6.45, 7) is 0.439. The number of hydrogen-bond acceptors (Lipinski definition) is 4. The maximum absolute atomic E-state index is 14.2. The molecule has 0 N–H and O–H groups in total. The standard InChI is InChI=1S/C24H20ClFN4OS/c1-29(15-17-10-12-27-13-11-17)23(31)22-14-28-24(30(22)18-6-3-2-4-7-18)32-16-19-20(25)8-5-9-21(19)26/h2-14H,15-16H2,1H3. The molecule has 2 heterocycles. The number of pyridine rings is 1. The molecule has 4 aromatic rings. The van der Waals surface area contributed by atoms with Gasteiger partial charge in [-0.2, -0.15) is 0 Å². The van der Waals surface area contributed by atoms with Gasteiger partial charge in [0.05, 0.1) is 6.20 Å². The molecule has 0 aliphatic heterocycles. The lowest BCUT2D eigenvalue weighted by Gasteiger charge is -2.19. The van der Waals surface area contributed by atoms with Gasteiger partial charge in [-0.3, -0.25) is 14.3 Å². The molecule has 2 aromatic carbocycles. The Kier molecular flexibility index (Phi) is 6.87. The molecular formula is C24H20ClFN4OS. The van der Waals surface area contributed by atoms with Crippen molar-refractivity contribution in [2.24, 2.45) is 0 Å². The summed E-state index contributed by atoms with van der Waals surface area (Å²) in [5, 5.41) is 0.944. The van der Waals surface area contributed by atoms with Crippen LogP contribution in [0.4, 0.5) is 4.39 Å². The van der Waals surface area contributed by atoms with Crippen molar-refractivity contribution in [3.8, 4) is 5.69 Å². The van der Waals surface area contributed by atoms with Gasteiger partial charge in [0.2, 0.25) is 0 Å². The fraction of sp³-hybridized carbons (Fsp3) is 0.125. The monoisotopic (exact) mass is 466 g/mol. The summed E-state index contributed by atoms with van der Waals surface area (Å²) in [7, 11) is 1.75. The smallest absolute Gasteiger partial charge is 0.272 e. The zero-order valence-corrected chi connectivity index (χ0v) is 18.9. The zero-order valence-electron chi connectivity index (χ0n) is 17.3. The molecular weight excluding hydrogens is 447 g/mol. The van der Waals surface area contributed by atoms with E-state index in [9.17, 15) is 9.18 Å². The molecule has 8 heteroatoms. The Balaban J connectivity index is 1.64. The fourth-order valence-corrected chi connectivity index (χ4v) is 4.59. The Morgan fingerprint density at radius 1 is 1.09 bits per heavy atom. The predicted molar refractivity (Wildman–Crippen MR) is 125 cm³/mol. The number of amides is 1. The van der Waals surface area contributed by atoms with E-state index >= 15 is 0 Å². The summed E-state index contributed by atoms with van der Waals surface area (Å²) in [5.41, 5.74) is 2.61. The quantitative estimate of drug-likeness (QED) is 0.331. The molecule has 0 spiro atoms. The molecule has 2 aromatic heterocycles. The Hall–Kier alpha value is -3.16. The first kappa shape index (κ1) is 22.0. The minimum absolute atomic E-state index is 0.172. The van der Waals surface area contributed by atoms with Crippen molar-refractivity contribution in [2.75, 3.05) is 7.05 Å². The van der Waals surface area contributed by atoms with Gasteiger partial charge >= 0.3 is 0 Å². The Morgan fingerprint density at radius 2 is 1.84 bits per heavy atom. The van der Waals surface area contributed by atoms with E-state index in [2.05, 4.69) is 9.97 Å². The van der Waals surface area contributed by atoms with E-state index < -0.39 is 0 Å². The average molecular weight is 467 g/mol. The molecule has 0 fully saturated rings. The van der Waals surface area contributed by atoms with Crippen LogP contribution < -0.4 is 0 Å². The van der Waals surface area contributed by atoms with E-state index in [1.807, 2.05) is 42.5 Å². The average Bonchev–Trinajstić information content (AvgIpc) is 3.23. The summed E-state index contributed by atoms with van der Waals surface area (Å²) in [4.78, 5) is 23.4. The van der Waals surface area contributed by atoms with Crippen molar-refractivity contribution in [2.45, 2.75) is 17.5 Å². The van der Waals surface area contributed by atoms with Gasteiger partial charge in [-0.1, -0.05) is 47.6 Å². The summed E-state index contributed by atoms with van der Waals surface area (Å²) >= 11 is 7.51. The van der Waals surface area contributed by atoms with Crippen molar-refractivity contribution in [1.29, 1.82) is 0 Å². The van der Waals surface area contributed by atoms with Crippen molar-refractivity contribution in [3.05, 3.63) is 107 Å². The molecule has 4 rings (SSSR count). The van der Waals surface area contributed by atoms with Crippen LogP contribution in [0.3, 0.4) is 0 Å². The van der Waals surface area contributed by atoms with Crippen LogP contribution in [0.25, 0.3) is 5.69 Å². The predicted octanol–water partition coefficient (Wildman–Crippen LogP) is 5.62. The maximum atomic E-state index is 14.2. The summed E-state index contributed by atoms with van der Waals surface area (Å²) in [5.74, 6) is -0.249. The number of thioether (sulfide) groups is 1. The number of halogens is 2. The summed E-state index contributed by atoms with van der Waals surface area (Å²) in [6, 6.07) is 17.9. The van der Waals surface area contributed by atoms with Crippen LogP contribution in [0, 0.1) is 5.82 Å². The first-order chi connectivity index (χ1) is 15.5. The third-order valence-corrected chi connectivity index (χ3v) is 6.22. The fourth-order valence-electron chi connectivity index (χ4n) is 3.25. The number of hydrogen-bond donors (Lipinski definition) is 0. The molecule has 0 saturated heterocycles. The number of rotatable bonds is 7. The highest BCUT2D eigenvalue weighted by Gasteiger charge is 2.22. The summed E-state index contributed by atoms with van der Waals surface area (Å²) < 4.78 is 16.0. The number of imidazole rings is 1. The van der Waals surface area contributed by atoms with Crippen molar-refractivity contribution in [1.82, 2.24) is 19.4 Å². The first-order valence-corrected chi connectivity index (χ1v) is 11.2. The largest absolute Gasteiger partial charge is 0.336 e. The molecule has 32 heavy (non-hydrogen) atoms. The Bertz CT molecular complexity index is 1200. The normalized spacial score (nSPS) is 10.8. The molecule has 0 atom stereocenters. The Morgan fingerprint density at radius 3 is 2.56 bits per heavy atom. The zero-order chi connectivity index (χ0) is 22.5. The van der Waals surface area contributed by atoms with Crippen LogP contribution in [-0.2, 0) is 12.3 Å². The molecule has 5 nitrogen and oxygen atoms in total. The highest BCUT2D eigenvalue weighted by molar-refractivity contribution is 7.98. The van der Waals surface area contributed by atoms with Gasteiger partial charge < -0.3 is 4.90 Å². The van der Waals surface area contributed by atoms with E-state index in [-0.39, 0.29) is 17.5 Å². The number of benzene rings is 2. The molecule has 0 radical (unpaired) electrons. The van der Waals surface area contributed by atoms with Gasteiger partial charge in [-0.25, -0.2) is 9.37 Å². The number of para-hydroxylation sites is 1. The van der Waals surface area contributed by atoms with Crippen LogP contribution in [0.5, 0.6) is 0 Å². The van der Waals surface area contributed by atoms with Crippen molar-refractivity contribution < 1.29 is 9.18 Å². The van der Waals surface area contributed by atoms with E-state index in [0.717, 1.165) is 11.3 Å². The molecule has 0 aliphatic rings. The molecule has 1 amide bonds. The first-order valence-electron chi connectivity index (χ1n) is 9.88. The van der Waals surface area contributed by atoms with E-state index in [1.165, 1.54) is 17.8 Å². The minimum atomic E-state index is -0.365. The lowest BCUT2D eigenvalue weighted by Crippen LogP contribution is -2.28. The number of carbonyl (C=O) groups excluding carboxylic acids is 1. The van der Waals surface area contributed by atoms with Crippen LogP contribution in [-0.4, -0.2) is 32.4 Å². The third-order valence-electron chi connectivity index (χ3n) is 4.89. The maximum Gasteiger partial charge on any atom is 0.272 e. The number of carbonyl (C=O) groups is 1. The van der Waals surface area contributed by atoms with Gasteiger partial charge in [-0.15, -0.1) is 0 Å². The van der Waals surface area contributed by atoms with Gasteiger partial charge in [0.15, 0.2) is 5.16 Å². The van der Waals surface area contributed by atoms with Crippen molar-refractivity contribution >= 4 is 29.3 Å². The highest BCUT2D eigenvalue weighted by Crippen LogP contribution is 2.30. The second-order valence-electron chi connectivity index (χ2n) is 7.10. The molecule has 0 bridgehead atoms. The van der Waals surface area contributed by atoms with Gasteiger partial charge in [0.1, 0.15) is 11.5 Å². The topological polar surface area (TPSA) is 51.0 Å². The van der Waals surface area contributed by atoms with E-state index in [0.29, 0.717) is 28.0 Å². The Labute approximate surface area is 194 Å². The second kappa shape index (κ2) is 9.97. The SMILES string of the molecule is CN(Cc1ccncc1)C(=O)c1cnc(SCc2c(F)cccc2Cl)n1-c1ccccc1. The summed E-state index contributed by atoms with van der Waals surface area (Å²) in [6.07, 6.45) is 4.96. The van der Waals surface area contributed by atoms with E-state index in [1.54, 1.807) is 47.2 Å². The highest BCUT2D eigenvalue weighted by atomic mass is 35.5. The lowest BCUT2D eigenvalue weighted by molar-refractivity contribution is 0.0776. The number of aromatic nitrogens is 3. The second-order valence-corrected chi connectivity index (χ2v) is 8.45. The lowest BCUT2D eigenvalue weighted by atomic mass is 10.2. The molecule has 0 saturated carbocycles. The third kappa shape index (κ3) is 4.84. The number of nitrogens with zero attached hydrogens (tertiary/aromatic N) is 4. The van der Waals surface area contributed by atoms with Crippen LogP contribution >= 0.6 is 23.4 Å². The molecule has 162 valence electrons. The van der Waals surface area contributed by atoms with Crippen LogP contribution in [0.1, 0.15) is 21.6 Å². The van der Waals surface area contributed by atoms with Gasteiger partial charge in [0, 0.05) is 48.0 Å². The van der Waals surface area contributed by atoms with Crippen LogP contribution in [0.2, 0.25) is 5.02 Å². The van der Waals surface area contributed by atoms with Crippen molar-refractivity contribution in [3.63, 3.8) is 0 Å².